The highest BCUT2D eigenvalue weighted by atomic mass is 19.4. The van der Waals surface area contributed by atoms with Crippen LogP contribution in [0.2, 0.25) is 0 Å². The minimum atomic E-state index is -4.55. The number of hydrogen-bond acceptors (Lipinski definition) is 12. The molecule has 1 aromatic carbocycles. The van der Waals surface area contributed by atoms with Gasteiger partial charge in [-0.15, -0.1) is 0 Å². The van der Waals surface area contributed by atoms with E-state index in [9.17, 15) is 37.1 Å². The number of ether oxygens (including phenoxy) is 2. The highest BCUT2D eigenvalue weighted by Crippen LogP contribution is 2.37. The number of rotatable bonds is 23. The second-order valence-corrected chi connectivity index (χ2v) is 20.1. The summed E-state index contributed by atoms with van der Waals surface area (Å²) in [6, 6.07) is 5.43. The van der Waals surface area contributed by atoms with Gasteiger partial charge in [0.05, 0.1) is 41.7 Å². The molecule has 17 nitrogen and oxygen atoms in total. The maximum Gasteiger partial charge on any atom is 0.416 e. The molecule has 7 rings (SSSR count). The number of fused-ring (bicyclic) bond motifs is 1. The Morgan fingerprint density at radius 3 is 2.37 bits per heavy atom. The molecular formula is C51H71F3N10O7. The summed E-state index contributed by atoms with van der Waals surface area (Å²) in [7, 11) is 1.72. The van der Waals surface area contributed by atoms with Crippen molar-refractivity contribution in [3.8, 4) is 0 Å². The van der Waals surface area contributed by atoms with Crippen LogP contribution in [-0.4, -0.2) is 138 Å². The van der Waals surface area contributed by atoms with Gasteiger partial charge >= 0.3 is 6.18 Å². The standard InChI is InChI=1S/C51H71F3N10O7/c1-32(2)27-58-37-13-15-43(64-21-17-41(50(64)69)62-48-38-24-36(51(52,53)54)12-14-40(38)59-31-60-48)42(25-37)61-45(66)16-19-56-44(65)7-5-22-70-29-33-8-10-34(11-9-33)30-71-23-20-57-49(68)39-26-46(67)63(3)47(39)35-6-4-18-55-28-35/h4,6,12,14,18,24,28,31-34,37,39,41-43,47,58H,5,7-11,13,15-17,19-23,25-27,29-30H2,1-3H3,(H,56,65)(H,57,68)(H,61,66)(H,59,60,62)/t33?,34?,37-,39+,41+,42-,43+,47-/m1/s1. The predicted molar refractivity (Wildman–Crippen MR) is 259 cm³/mol. The molecule has 2 aliphatic heterocycles. The summed E-state index contributed by atoms with van der Waals surface area (Å²) in [5, 5.41) is 15.9. The molecule has 4 fully saturated rings. The van der Waals surface area contributed by atoms with E-state index < -0.39 is 23.7 Å². The van der Waals surface area contributed by atoms with Crippen LogP contribution in [-0.2, 0) is 39.6 Å². The van der Waals surface area contributed by atoms with Crippen molar-refractivity contribution in [2.45, 2.75) is 127 Å². The number of likely N-dealkylation sites (tertiary alicyclic amines) is 2. The summed E-state index contributed by atoms with van der Waals surface area (Å²) in [5.74, 6) is 0.218. The van der Waals surface area contributed by atoms with Gasteiger partial charge in [-0.05, 0) is 112 Å². The van der Waals surface area contributed by atoms with Crippen molar-refractivity contribution in [2.75, 3.05) is 65.0 Å². The Morgan fingerprint density at radius 2 is 1.65 bits per heavy atom. The Morgan fingerprint density at radius 1 is 0.887 bits per heavy atom. The van der Waals surface area contributed by atoms with Gasteiger partial charge in [0.25, 0.3) is 0 Å². The first-order chi connectivity index (χ1) is 34.1. The summed E-state index contributed by atoms with van der Waals surface area (Å²) in [5.41, 5.74) is 0.339. The second-order valence-electron chi connectivity index (χ2n) is 20.1. The van der Waals surface area contributed by atoms with Crippen LogP contribution in [0, 0.1) is 23.7 Å². The maximum absolute atomic E-state index is 13.9. The zero-order valence-corrected chi connectivity index (χ0v) is 41.2. The van der Waals surface area contributed by atoms with E-state index in [-0.39, 0.29) is 90.7 Å². The van der Waals surface area contributed by atoms with E-state index in [1.54, 1.807) is 29.2 Å². The van der Waals surface area contributed by atoms with Gasteiger partial charge in [0, 0.05) is 89.6 Å². The summed E-state index contributed by atoms with van der Waals surface area (Å²) in [4.78, 5) is 81.3. The molecule has 6 atom stereocenters. The largest absolute Gasteiger partial charge is 0.416 e. The molecule has 0 bridgehead atoms. The second kappa shape index (κ2) is 25.3. The molecule has 71 heavy (non-hydrogen) atoms. The number of benzene rings is 1. The summed E-state index contributed by atoms with van der Waals surface area (Å²) >= 11 is 0. The molecule has 5 N–H and O–H groups in total. The van der Waals surface area contributed by atoms with Crippen LogP contribution >= 0.6 is 0 Å². The van der Waals surface area contributed by atoms with Gasteiger partial charge in [-0.1, -0.05) is 19.9 Å². The van der Waals surface area contributed by atoms with Gasteiger partial charge in [-0.3, -0.25) is 29.0 Å². The van der Waals surface area contributed by atoms with E-state index in [0.717, 1.165) is 56.3 Å². The average molecular weight is 993 g/mol. The third kappa shape index (κ3) is 14.8. The van der Waals surface area contributed by atoms with Crippen molar-refractivity contribution in [2.24, 2.45) is 23.7 Å². The first-order valence-electron chi connectivity index (χ1n) is 25.4. The van der Waals surface area contributed by atoms with Gasteiger partial charge in [0.15, 0.2) is 0 Å². The Labute approximate surface area is 413 Å². The average Bonchev–Trinajstić information content (AvgIpc) is 3.86. The Balaban J connectivity index is 0.759. The maximum atomic E-state index is 13.9. The third-order valence-corrected chi connectivity index (χ3v) is 14.4. The lowest BCUT2D eigenvalue weighted by Crippen LogP contribution is -2.58. The highest BCUT2D eigenvalue weighted by Gasteiger charge is 2.44. The number of hydrogen-bond donors (Lipinski definition) is 5. The SMILES string of the molecule is CC(C)CN[C@@H]1CC[C@H](N2CC[C@H](Nc3ncnc4ccc(C(F)(F)F)cc34)C2=O)[C@H](NC(=O)CCNC(=O)CCCOCC2CCC(COCCNC(=O)[C@H]3CC(=O)N(C)[C@@H]3c3cccnc3)CC2)C1. The lowest BCUT2D eigenvalue weighted by molar-refractivity contribution is -0.137. The lowest BCUT2D eigenvalue weighted by atomic mass is 9.83. The van der Waals surface area contributed by atoms with E-state index in [4.69, 9.17) is 9.47 Å². The van der Waals surface area contributed by atoms with Gasteiger partial charge < -0.3 is 45.9 Å². The number of carbonyl (C=O) groups excluding carboxylic acids is 5. The van der Waals surface area contributed by atoms with Crippen LogP contribution < -0.4 is 26.6 Å². The number of halogens is 3. The molecule has 4 aliphatic rings. The zero-order chi connectivity index (χ0) is 50.5. The smallest absolute Gasteiger partial charge is 0.381 e. The first kappa shape index (κ1) is 53.3. The minimum Gasteiger partial charge on any atom is -0.381 e. The van der Waals surface area contributed by atoms with E-state index in [1.807, 2.05) is 12.1 Å². The molecule has 5 amide bonds. The molecule has 2 aliphatic carbocycles. The van der Waals surface area contributed by atoms with Crippen molar-refractivity contribution in [3.05, 3.63) is 60.2 Å². The van der Waals surface area contributed by atoms with Crippen LogP contribution in [0.5, 0.6) is 0 Å². The van der Waals surface area contributed by atoms with Crippen molar-refractivity contribution in [1.29, 1.82) is 0 Å². The topological polar surface area (TPSA) is 209 Å². The van der Waals surface area contributed by atoms with Crippen molar-refractivity contribution in [3.63, 3.8) is 0 Å². The van der Waals surface area contributed by atoms with Crippen molar-refractivity contribution in [1.82, 2.24) is 46.0 Å². The normalized spacial score (nSPS) is 24.9. The molecule has 2 saturated heterocycles. The summed E-state index contributed by atoms with van der Waals surface area (Å²) in [6.07, 6.45) is 7.81. The van der Waals surface area contributed by atoms with Gasteiger partial charge in [0.1, 0.15) is 18.2 Å². The van der Waals surface area contributed by atoms with E-state index in [0.29, 0.717) is 88.5 Å². The molecule has 2 aromatic heterocycles. The van der Waals surface area contributed by atoms with Crippen LogP contribution in [0.15, 0.2) is 49.1 Å². The number of aromatic nitrogens is 3. The quantitative estimate of drug-likeness (QED) is 0.0781. The molecule has 0 radical (unpaired) electrons. The fourth-order valence-corrected chi connectivity index (χ4v) is 10.5. The molecule has 2 saturated carbocycles. The number of amides is 5. The summed E-state index contributed by atoms with van der Waals surface area (Å²) in [6.45, 7) is 8.17. The number of carbonyl (C=O) groups is 5. The predicted octanol–water partition coefficient (Wildman–Crippen LogP) is 5.17. The number of alkyl halides is 3. The molecule has 0 unspecified atom stereocenters. The number of nitrogens with zero attached hydrogens (tertiary/aromatic N) is 5. The van der Waals surface area contributed by atoms with Crippen LogP contribution in [0.1, 0.15) is 108 Å². The Kier molecular flexibility index (Phi) is 19.0. The monoisotopic (exact) mass is 993 g/mol. The van der Waals surface area contributed by atoms with Gasteiger partial charge in [-0.2, -0.15) is 13.2 Å². The molecule has 20 heteroatoms. The Hall–Kier alpha value is -5.47. The Bertz CT molecular complexity index is 2270. The third-order valence-electron chi connectivity index (χ3n) is 14.4. The van der Waals surface area contributed by atoms with Crippen molar-refractivity contribution >= 4 is 46.3 Å². The summed E-state index contributed by atoms with van der Waals surface area (Å²) < 4.78 is 52.6. The zero-order valence-electron chi connectivity index (χ0n) is 41.2. The van der Waals surface area contributed by atoms with E-state index >= 15 is 0 Å². The van der Waals surface area contributed by atoms with E-state index in [2.05, 4.69) is 55.4 Å². The van der Waals surface area contributed by atoms with E-state index in [1.165, 1.54) is 12.4 Å². The first-order valence-corrected chi connectivity index (χ1v) is 25.4. The fraction of sp³-hybridized carbons (Fsp3) is 0.647. The van der Waals surface area contributed by atoms with Crippen molar-refractivity contribution < 1.29 is 46.6 Å². The molecule has 0 spiro atoms. The number of anilines is 1. The minimum absolute atomic E-state index is 0.0607. The van der Waals surface area contributed by atoms with Crippen LogP contribution in [0.25, 0.3) is 10.9 Å². The number of nitrogens with one attached hydrogen (secondary N) is 5. The number of pyridine rings is 1. The lowest BCUT2D eigenvalue weighted by Gasteiger charge is -2.42. The molecule has 388 valence electrons. The van der Waals surface area contributed by atoms with Gasteiger partial charge in [-0.25, -0.2) is 9.97 Å². The van der Waals surface area contributed by atoms with Crippen LogP contribution in [0.4, 0.5) is 19.0 Å². The highest BCUT2D eigenvalue weighted by molar-refractivity contribution is 5.93. The molecular weight excluding hydrogens is 922 g/mol. The molecule has 3 aromatic rings. The molecule has 4 heterocycles. The fourth-order valence-electron chi connectivity index (χ4n) is 10.5. The van der Waals surface area contributed by atoms with Crippen LogP contribution in [0.3, 0.4) is 0 Å². The van der Waals surface area contributed by atoms with Gasteiger partial charge in [0.2, 0.25) is 29.5 Å².